The van der Waals surface area contributed by atoms with Crippen molar-refractivity contribution >= 4 is 0 Å². The van der Waals surface area contributed by atoms with Crippen molar-refractivity contribution in [3.05, 3.63) is 401 Å². The standard InChI is InChI=1S/2C51H33N9/c1-5-17-34(18-6-1)46-55-47(35-19-7-2-8-20-35)58-50(57-46)39-26-15-25-38(31-39)40-32-44(41-27-13-14-30-52-41)54-45(33-40)42-28-16-29-43(53-42)51-59-48(36-21-9-3-10-22-36)56-49(60-51)37-23-11-4-12-24-37;1-5-18-34(19-6-1)46-55-47(35-20-7-2-8-21-35)58-50(57-46)40-27-14-13-26-39(40)38-32-44(41-28-15-16-31-52-41)54-45(33-38)42-29-17-30-43(53-42)51-59-48(36-22-9-3-10-23-36)56-49(60-51)37-24-11-4-12-25-37/h2*1-33H. The van der Waals surface area contributed by atoms with Gasteiger partial charge >= 0.3 is 0 Å². The van der Waals surface area contributed by atoms with E-state index in [9.17, 15) is 0 Å². The molecule has 0 atom stereocenters. The lowest BCUT2D eigenvalue weighted by atomic mass is 9.97. The van der Waals surface area contributed by atoms with Gasteiger partial charge in [0.25, 0.3) is 0 Å². The molecule has 18 heteroatoms. The van der Waals surface area contributed by atoms with Crippen LogP contribution in [0.2, 0.25) is 0 Å². The van der Waals surface area contributed by atoms with Crippen molar-refractivity contribution < 1.29 is 0 Å². The second-order valence-corrected chi connectivity index (χ2v) is 27.8. The van der Waals surface area contributed by atoms with E-state index in [1.54, 1.807) is 12.4 Å². The highest BCUT2D eigenvalue weighted by molar-refractivity contribution is 5.86. The molecule has 20 aromatic rings. The molecular weight excluding hydrogens is 1480 g/mol. The molecule has 0 N–H and O–H groups in total. The lowest BCUT2D eigenvalue weighted by Gasteiger charge is -2.14. The number of rotatable bonds is 18. The fourth-order valence-electron chi connectivity index (χ4n) is 13.8. The van der Waals surface area contributed by atoms with Crippen molar-refractivity contribution in [2.45, 2.75) is 0 Å². The van der Waals surface area contributed by atoms with E-state index in [4.69, 9.17) is 79.7 Å². The smallest absolute Gasteiger partial charge is 0.182 e. The first-order chi connectivity index (χ1) is 59.4. The molecule has 20 rings (SSSR count). The van der Waals surface area contributed by atoms with Crippen molar-refractivity contribution in [3.63, 3.8) is 0 Å². The van der Waals surface area contributed by atoms with Crippen molar-refractivity contribution in [1.82, 2.24) is 89.7 Å². The Balaban J connectivity index is 0.000000159. The van der Waals surface area contributed by atoms with Crippen LogP contribution < -0.4 is 0 Å². The Morgan fingerprint density at radius 2 is 0.333 bits per heavy atom. The fourth-order valence-corrected chi connectivity index (χ4v) is 13.8. The highest BCUT2D eigenvalue weighted by Gasteiger charge is 2.23. The van der Waals surface area contributed by atoms with Crippen LogP contribution in [0.3, 0.4) is 0 Å². The van der Waals surface area contributed by atoms with E-state index in [-0.39, 0.29) is 0 Å². The van der Waals surface area contributed by atoms with Crippen molar-refractivity contribution in [2.75, 3.05) is 0 Å². The average Bonchev–Trinajstić information content (AvgIpc) is 0.779. The summed E-state index contributed by atoms with van der Waals surface area (Å²) >= 11 is 0. The predicted molar refractivity (Wildman–Crippen MR) is 471 cm³/mol. The number of hydrogen-bond donors (Lipinski definition) is 0. The third-order valence-corrected chi connectivity index (χ3v) is 19.7. The van der Waals surface area contributed by atoms with Crippen LogP contribution in [-0.4, -0.2) is 89.7 Å². The fraction of sp³-hybridized carbons (Fsp3) is 0. The normalized spacial score (nSPS) is 11.0. The van der Waals surface area contributed by atoms with E-state index in [1.807, 2.05) is 358 Å². The third-order valence-electron chi connectivity index (χ3n) is 19.7. The summed E-state index contributed by atoms with van der Waals surface area (Å²) in [5, 5.41) is 0. The Hall–Kier alpha value is -16.9. The molecule has 0 saturated heterocycles. The molecule has 0 fully saturated rings. The molecule has 18 nitrogen and oxygen atoms in total. The van der Waals surface area contributed by atoms with E-state index >= 15 is 0 Å². The van der Waals surface area contributed by atoms with Gasteiger partial charge in [-0.15, -0.1) is 0 Å². The summed E-state index contributed by atoms with van der Waals surface area (Å²) in [6, 6.07) is 127. The van der Waals surface area contributed by atoms with Gasteiger partial charge in [0.2, 0.25) is 0 Å². The van der Waals surface area contributed by atoms with Crippen LogP contribution in [-0.2, 0) is 0 Å². The molecule has 0 saturated carbocycles. The van der Waals surface area contributed by atoms with Gasteiger partial charge in [-0.3, -0.25) is 9.97 Å². The summed E-state index contributed by atoms with van der Waals surface area (Å²) < 4.78 is 0. The van der Waals surface area contributed by atoms with Gasteiger partial charge in [-0.25, -0.2) is 79.7 Å². The Kier molecular flexibility index (Phi) is 20.8. The molecule has 0 aliphatic rings. The molecule has 10 aromatic heterocycles. The summed E-state index contributed by atoms with van der Waals surface area (Å²) in [6.45, 7) is 0. The van der Waals surface area contributed by atoms with Crippen molar-refractivity contribution in [2.24, 2.45) is 0 Å². The van der Waals surface area contributed by atoms with Gasteiger partial charge in [0.15, 0.2) is 69.9 Å². The minimum absolute atomic E-state index is 0.453. The number of benzene rings is 10. The van der Waals surface area contributed by atoms with Gasteiger partial charge in [-0.2, -0.15) is 0 Å². The molecule has 0 radical (unpaired) electrons. The minimum atomic E-state index is 0.453. The molecule has 0 aliphatic carbocycles. The van der Waals surface area contributed by atoms with E-state index < -0.39 is 0 Å². The third kappa shape index (κ3) is 16.5. The second-order valence-electron chi connectivity index (χ2n) is 27.8. The Morgan fingerprint density at radius 3 is 0.658 bits per heavy atom. The zero-order valence-electron chi connectivity index (χ0n) is 64.2. The molecule has 0 spiro atoms. The summed E-state index contributed by atoms with van der Waals surface area (Å²) in [5.74, 6) is 6.66. The molecule has 0 aliphatic heterocycles. The molecule has 0 bridgehead atoms. The summed E-state index contributed by atoms with van der Waals surface area (Å²) in [6.07, 6.45) is 3.54. The Labute approximate surface area is 690 Å². The summed E-state index contributed by atoms with van der Waals surface area (Å²) in [5.41, 5.74) is 19.2. The van der Waals surface area contributed by atoms with Crippen LogP contribution in [0.4, 0.5) is 0 Å². The minimum Gasteiger partial charge on any atom is -0.255 e. The number of hydrogen-bond acceptors (Lipinski definition) is 18. The first-order valence-electron chi connectivity index (χ1n) is 38.9. The van der Waals surface area contributed by atoms with Crippen LogP contribution in [0.5, 0.6) is 0 Å². The predicted octanol–water partition coefficient (Wildman–Crippen LogP) is 22.5. The van der Waals surface area contributed by atoms with E-state index in [0.29, 0.717) is 115 Å². The zero-order valence-corrected chi connectivity index (χ0v) is 64.2. The SMILES string of the molecule is c1ccc(-c2nc(-c3ccccc3)nc(-c3cccc(-c4cc(-c5ccccc5-c5nc(-c6ccccc6)nc(-c6ccccc6)n5)cc(-c5ccccn5)n4)n3)n2)cc1.c1ccc(-c2nc(-c3ccccc3)nc(-c3cccc(-c4cc(-c5ccccn5)nc(-c5cccc(-c6nc(-c7ccccc7)nc(-c7ccccc7)n6)n5)c4)c3)n2)cc1. The van der Waals surface area contributed by atoms with Gasteiger partial charge in [0, 0.05) is 68.0 Å². The maximum Gasteiger partial charge on any atom is 0.182 e. The monoisotopic (exact) mass is 1540 g/mol. The first kappa shape index (κ1) is 73.3. The molecule has 120 heavy (non-hydrogen) atoms. The molecule has 10 aromatic carbocycles. The molecular formula is C102H66N18. The Bertz CT molecular complexity index is 6580. The first-order valence-corrected chi connectivity index (χ1v) is 38.9. The van der Waals surface area contributed by atoms with Gasteiger partial charge < -0.3 is 0 Å². The van der Waals surface area contributed by atoms with Gasteiger partial charge in [-0.1, -0.05) is 309 Å². The van der Waals surface area contributed by atoms with Crippen molar-refractivity contribution in [3.8, 4) is 205 Å². The number of nitrogens with zero attached hydrogens (tertiary/aromatic N) is 18. The lowest BCUT2D eigenvalue weighted by Crippen LogP contribution is -2.02. The van der Waals surface area contributed by atoms with Gasteiger partial charge in [0.1, 0.15) is 11.4 Å². The molecule has 0 unspecified atom stereocenters. The maximum absolute atomic E-state index is 5.16. The van der Waals surface area contributed by atoms with Crippen LogP contribution in [0.15, 0.2) is 401 Å². The molecule has 564 valence electrons. The molecule has 0 amide bonds. The summed E-state index contributed by atoms with van der Waals surface area (Å²) in [7, 11) is 0. The zero-order chi connectivity index (χ0) is 80.2. The van der Waals surface area contributed by atoms with Crippen LogP contribution >= 0.6 is 0 Å². The van der Waals surface area contributed by atoms with Crippen LogP contribution in [0.25, 0.3) is 205 Å². The maximum atomic E-state index is 5.16. The summed E-state index contributed by atoms with van der Waals surface area (Å²) in [4.78, 5) is 89.3. The van der Waals surface area contributed by atoms with E-state index in [2.05, 4.69) is 40.3 Å². The topological polar surface area (TPSA) is 232 Å². The Morgan fingerprint density at radius 1 is 0.108 bits per heavy atom. The average molecular weight is 1540 g/mol. The number of aromatic nitrogens is 18. The highest BCUT2D eigenvalue weighted by Crippen LogP contribution is 2.39. The second kappa shape index (κ2) is 34.1. The van der Waals surface area contributed by atoms with Crippen LogP contribution in [0.1, 0.15) is 0 Å². The molecule has 10 heterocycles. The quantitative estimate of drug-likeness (QED) is 0.0777. The van der Waals surface area contributed by atoms with Gasteiger partial charge in [0.05, 0.1) is 45.6 Å². The number of pyridine rings is 6. The van der Waals surface area contributed by atoms with E-state index in [1.165, 1.54) is 0 Å². The van der Waals surface area contributed by atoms with Crippen molar-refractivity contribution in [1.29, 1.82) is 0 Å². The lowest BCUT2D eigenvalue weighted by molar-refractivity contribution is 1.06. The largest absolute Gasteiger partial charge is 0.255 e. The van der Waals surface area contributed by atoms with Crippen LogP contribution in [0, 0.1) is 0 Å². The van der Waals surface area contributed by atoms with Gasteiger partial charge in [-0.05, 0) is 101 Å². The van der Waals surface area contributed by atoms with E-state index in [0.717, 1.165) is 89.3 Å². The highest BCUT2D eigenvalue weighted by atomic mass is 15.1.